The van der Waals surface area contributed by atoms with Gasteiger partial charge in [-0.2, -0.15) is 0 Å². The Morgan fingerprint density at radius 3 is 1.23 bits per heavy atom. The number of rotatable bonds is 15. The summed E-state index contributed by atoms with van der Waals surface area (Å²) < 4.78 is 0. The Kier molecular flexibility index (Phi) is 11.9. The summed E-state index contributed by atoms with van der Waals surface area (Å²) in [5, 5.41) is 0. The van der Waals surface area contributed by atoms with E-state index in [0.717, 1.165) is 0 Å². The second-order valence-corrected chi connectivity index (χ2v) is 9.36. The van der Waals surface area contributed by atoms with Gasteiger partial charge >= 0.3 is 0 Å². The number of hydrogen-bond acceptors (Lipinski definition) is 0. The molecule has 2 aromatic rings. The Bertz CT molecular complexity index is 661. The van der Waals surface area contributed by atoms with Crippen LogP contribution in [0.5, 0.6) is 0 Å². The summed E-state index contributed by atoms with van der Waals surface area (Å²) >= 11 is 0. The predicted octanol–water partition coefficient (Wildman–Crippen LogP) is 9.78. The fourth-order valence-corrected chi connectivity index (χ4v) is 4.58. The molecular weight excluding hydrogens is 360 g/mol. The van der Waals surface area contributed by atoms with Gasteiger partial charge in [0.05, 0.1) is 0 Å². The largest absolute Gasteiger partial charge is 0.0654 e. The molecule has 0 heteroatoms. The normalized spacial score (nSPS) is 11.2. The fourth-order valence-electron chi connectivity index (χ4n) is 4.58. The SMILES string of the molecule is CCCCCCCCc1cc(C)ccc1-c1ccc(C)cc1CCCCCCCC. The van der Waals surface area contributed by atoms with Crippen molar-refractivity contribution in [3.8, 4) is 11.1 Å². The fraction of sp³-hybridized carbons (Fsp3) is 0.600. The van der Waals surface area contributed by atoms with Crippen molar-refractivity contribution >= 4 is 0 Å². The van der Waals surface area contributed by atoms with Crippen LogP contribution >= 0.6 is 0 Å². The smallest absolute Gasteiger partial charge is 0.0149 e. The van der Waals surface area contributed by atoms with Crippen molar-refractivity contribution in [2.24, 2.45) is 0 Å². The second-order valence-electron chi connectivity index (χ2n) is 9.36. The molecule has 2 aromatic carbocycles. The van der Waals surface area contributed by atoms with Crippen LogP contribution in [-0.2, 0) is 12.8 Å². The molecule has 0 aliphatic heterocycles. The molecule has 0 spiro atoms. The molecule has 0 saturated carbocycles. The summed E-state index contributed by atoms with van der Waals surface area (Å²) in [7, 11) is 0. The van der Waals surface area contributed by atoms with Crippen LogP contribution in [0, 0.1) is 13.8 Å². The highest BCUT2D eigenvalue weighted by Gasteiger charge is 2.11. The Morgan fingerprint density at radius 2 is 0.833 bits per heavy atom. The molecule has 0 atom stereocenters. The molecule has 2 rings (SSSR count). The van der Waals surface area contributed by atoms with Gasteiger partial charge in [-0.25, -0.2) is 0 Å². The third kappa shape index (κ3) is 8.66. The number of hydrogen-bond donors (Lipinski definition) is 0. The summed E-state index contributed by atoms with van der Waals surface area (Å²) in [6.07, 6.45) is 18.8. The van der Waals surface area contributed by atoms with Gasteiger partial charge in [0.25, 0.3) is 0 Å². The molecule has 0 heterocycles. The van der Waals surface area contributed by atoms with E-state index in [-0.39, 0.29) is 0 Å². The van der Waals surface area contributed by atoms with Crippen LogP contribution in [0.2, 0.25) is 0 Å². The van der Waals surface area contributed by atoms with Gasteiger partial charge in [-0.05, 0) is 61.8 Å². The minimum absolute atomic E-state index is 1.22. The molecule has 0 aromatic heterocycles. The first kappa shape index (κ1) is 24.7. The van der Waals surface area contributed by atoms with Crippen molar-refractivity contribution < 1.29 is 0 Å². The van der Waals surface area contributed by atoms with Crippen molar-refractivity contribution in [2.75, 3.05) is 0 Å². The Labute approximate surface area is 187 Å². The minimum Gasteiger partial charge on any atom is -0.0654 e. The first-order valence-corrected chi connectivity index (χ1v) is 12.8. The van der Waals surface area contributed by atoms with E-state index in [1.807, 2.05) is 0 Å². The van der Waals surface area contributed by atoms with Gasteiger partial charge in [0.1, 0.15) is 0 Å². The van der Waals surface area contributed by atoms with Gasteiger partial charge in [-0.3, -0.25) is 0 Å². The lowest BCUT2D eigenvalue weighted by Gasteiger charge is -2.16. The zero-order chi connectivity index (χ0) is 21.6. The van der Waals surface area contributed by atoms with Crippen LogP contribution in [0.1, 0.15) is 113 Å². The molecule has 0 bridgehead atoms. The van der Waals surface area contributed by atoms with Gasteiger partial charge in [-0.1, -0.05) is 126 Å². The van der Waals surface area contributed by atoms with Crippen LogP contribution < -0.4 is 0 Å². The quantitative estimate of drug-likeness (QED) is 0.258. The third-order valence-electron chi connectivity index (χ3n) is 6.41. The molecule has 0 radical (unpaired) electrons. The molecule has 0 aliphatic carbocycles. The van der Waals surface area contributed by atoms with Crippen LogP contribution in [-0.4, -0.2) is 0 Å². The number of unbranched alkanes of at least 4 members (excludes halogenated alkanes) is 10. The van der Waals surface area contributed by atoms with Crippen LogP contribution in [0.3, 0.4) is 0 Å². The van der Waals surface area contributed by atoms with E-state index in [1.54, 1.807) is 11.1 Å². The summed E-state index contributed by atoms with van der Waals surface area (Å²) in [4.78, 5) is 0. The first-order valence-electron chi connectivity index (χ1n) is 12.8. The topological polar surface area (TPSA) is 0 Å². The molecule has 0 fully saturated rings. The Morgan fingerprint density at radius 1 is 0.467 bits per heavy atom. The zero-order valence-corrected chi connectivity index (χ0v) is 20.4. The number of benzene rings is 2. The first-order chi connectivity index (χ1) is 14.7. The van der Waals surface area contributed by atoms with Crippen LogP contribution in [0.25, 0.3) is 11.1 Å². The lowest BCUT2D eigenvalue weighted by molar-refractivity contribution is 0.607. The predicted molar refractivity (Wildman–Crippen MR) is 136 cm³/mol. The maximum absolute atomic E-state index is 2.44. The van der Waals surface area contributed by atoms with Crippen molar-refractivity contribution in [3.05, 3.63) is 58.7 Å². The van der Waals surface area contributed by atoms with E-state index in [9.17, 15) is 0 Å². The second kappa shape index (κ2) is 14.4. The van der Waals surface area contributed by atoms with Gasteiger partial charge < -0.3 is 0 Å². The highest BCUT2D eigenvalue weighted by atomic mass is 14.2. The van der Waals surface area contributed by atoms with Crippen molar-refractivity contribution in [1.29, 1.82) is 0 Å². The van der Waals surface area contributed by atoms with E-state index >= 15 is 0 Å². The summed E-state index contributed by atoms with van der Waals surface area (Å²) in [6, 6.07) is 14.3. The summed E-state index contributed by atoms with van der Waals surface area (Å²) in [6.45, 7) is 9.06. The monoisotopic (exact) mass is 406 g/mol. The Hall–Kier alpha value is -1.56. The molecular formula is C30H46. The molecule has 0 unspecified atom stereocenters. The Balaban J connectivity index is 2.07. The molecule has 166 valence electrons. The summed E-state index contributed by atoms with van der Waals surface area (Å²) in [5.74, 6) is 0. The van der Waals surface area contributed by atoms with E-state index in [1.165, 1.54) is 112 Å². The van der Waals surface area contributed by atoms with Gasteiger partial charge in [0.2, 0.25) is 0 Å². The molecule has 0 saturated heterocycles. The van der Waals surface area contributed by atoms with Crippen molar-refractivity contribution in [2.45, 2.75) is 118 Å². The average Bonchev–Trinajstić information content (AvgIpc) is 2.74. The van der Waals surface area contributed by atoms with E-state index in [4.69, 9.17) is 0 Å². The maximum Gasteiger partial charge on any atom is -0.0149 e. The van der Waals surface area contributed by atoms with Gasteiger partial charge in [0.15, 0.2) is 0 Å². The minimum atomic E-state index is 1.22. The molecule has 0 amide bonds. The lowest BCUT2D eigenvalue weighted by atomic mass is 9.89. The van der Waals surface area contributed by atoms with Gasteiger partial charge in [-0.15, -0.1) is 0 Å². The standard InChI is InChI=1S/C30H46/c1-5-7-9-11-13-15-17-27-23-25(3)19-21-29(27)30-22-20-26(4)24-28(30)18-16-14-12-10-8-6-2/h19-24H,5-18H2,1-4H3. The third-order valence-corrected chi connectivity index (χ3v) is 6.41. The van der Waals surface area contributed by atoms with Crippen molar-refractivity contribution in [3.63, 3.8) is 0 Å². The van der Waals surface area contributed by atoms with Crippen molar-refractivity contribution in [1.82, 2.24) is 0 Å². The molecule has 30 heavy (non-hydrogen) atoms. The molecule has 0 N–H and O–H groups in total. The molecule has 0 nitrogen and oxygen atoms in total. The van der Waals surface area contributed by atoms with E-state index < -0.39 is 0 Å². The highest BCUT2D eigenvalue weighted by Crippen LogP contribution is 2.31. The van der Waals surface area contributed by atoms with Crippen LogP contribution in [0.15, 0.2) is 36.4 Å². The van der Waals surface area contributed by atoms with Crippen LogP contribution in [0.4, 0.5) is 0 Å². The van der Waals surface area contributed by atoms with E-state index in [0.29, 0.717) is 0 Å². The maximum atomic E-state index is 2.44. The molecule has 0 aliphatic rings. The number of aryl methyl sites for hydroxylation is 4. The summed E-state index contributed by atoms with van der Waals surface area (Å²) in [5.41, 5.74) is 8.86. The average molecular weight is 407 g/mol. The lowest BCUT2D eigenvalue weighted by Crippen LogP contribution is -1.97. The van der Waals surface area contributed by atoms with E-state index in [2.05, 4.69) is 64.1 Å². The highest BCUT2D eigenvalue weighted by molar-refractivity contribution is 5.71. The zero-order valence-electron chi connectivity index (χ0n) is 20.4. The van der Waals surface area contributed by atoms with Gasteiger partial charge in [0, 0.05) is 0 Å².